The average Bonchev–Trinajstić information content (AvgIpc) is 2.58. The summed E-state index contributed by atoms with van der Waals surface area (Å²) >= 11 is 0. The predicted octanol–water partition coefficient (Wildman–Crippen LogP) is 3.12. The molecule has 22 heavy (non-hydrogen) atoms. The van der Waals surface area contributed by atoms with Crippen LogP contribution in [0, 0.1) is 0 Å². The van der Waals surface area contributed by atoms with Crippen molar-refractivity contribution in [3.8, 4) is 0 Å². The maximum absolute atomic E-state index is 11.7. The molecule has 2 aromatic carbocycles. The zero-order chi connectivity index (χ0) is 15.8. The molecule has 0 fully saturated rings. The normalized spacial score (nSPS) is 10.9. The van der Waals surface area contributed by atoms with Crippen LogP contribution in [0.2, 0.25) is 0 Å². The minimum Gasteiger partial charge on any atom is -0.285 e. The van der Waals surface area contributed by atoms with Gasteiger partial charge in [0.15, 0.2) is 0 Å². The van der Waals surface area contributed by atoms with Gasteiger partial charge in [0.1, 0.15) is 0 Å². The Bertz CT molecular complexity index is 662. The lowest BCUT2D eigenvalue weighted by Crippen LogP contribution is -2.20. The minimum atomic E-state index is -1.04. The van der Waals surface area contributed by atoms with Crippen molar-refractivity contribution in [2.45, 2.75) is 0 Å². The third-order valence-corrected chi connectivity index (χ3v) is 2.90. The maximum Gasteiger partial charge on any atom is 0.272 e. The lowest BCUT2D eigenvalue weighted by Gasteiger charge is -1.93. The molecule has 2 rings (SSSR count). The van der Waals surface area contributed by atoms with Gasteiger partial charge >= 0.3 is 0 Å². The standard InChI is InChI=1S/C19H14O3/c20-17(13-11-15-7-3-1-4-8-15)19(22)18(21)14-12-16-9-5-2-6-10-16/h1-14H. The molecule has 2 aromatic rings. The molecule has 3 nitrogen and oxygen atoms in total. The number of benzene rings is 2. The summed E-state index contributed by atoms with van der Waals surface area (Å²) in [4.78, 5) is 35.0. The van der Waals surface area contributed by atoms with Crippen LogP contribution in [-0.2, 0) is 14.4 Å². The van der Waals surface area contributed by atoms with Gasteiger partial charge in [-0.3, -0.25) is 14.4 Å². The number of Topliss-reactive ketones (excluding diaryl/α,β-unsaturated/α-hetero) is 1. The van der Waals surface area contributed by atoms with Crippen molar-refractivity contribution < 1.29 is 14.4 Å². The first-order valence-electron chi connectivity index (χ1n) is 6.76. The summed E-state index contributed by atoms with van der Waals surface area (Å²) in [7, 11) is 0. The molecule has 0 aliphatic rings. The van der Waals surface area contributed by atoms with E-state index in [0.29, 0.717) is 0 Å². The third kappa shape index (κ3) is 4.49. The van der Waals surface area contributed by atoms with Gasteiger partial charge in [-0.15, -0.1) is 0 Å². The Morgan fingerprint density at radius 3 is 1.32 bits per heavy atom. The van der Waals surface area contributed by atoms with E-state index in [-0.39, 0.29) is 0 Å². The van der Waals surface area contributed by atoms with E-state index < -0.39 is 17.3 Å². The van der Waals surface area contributed by atoms with E-state index in [1.54, 1.807) is 24.3 Å². The first-order chi connectivity index (χ1) is 10.7. The summed E-state index contributed by atoms with van der Waals surface area (Å²) in [5, 5.41) is 0. The van der Waals surface area contributed by atoms with E-state index in [9.17, 15) is 14.4 Å². The highest BCUT2D eigenvalue weighted by Crippen LogP contribution is 2.03. The Labute approximate surface area is 128 Å². The highest BCUT2D eigenvalue weighted by Gasteiger charge is 2.17. The van der Waals surface area contributed by atoms with Crippen LogP contribution in [0.4, 0.5) is 0 Å². The highest BCUT2D eigenvalue weighted by atomic mass is 16.2. The zero-order valence-electron chi connectivity index (χ0n) is 11.8. The molecule has 0 aromatic heterocycles. The van der Waals surface area contributed by atoms with Crippen LogP contribution in [0.3, 0.4) is 0 Å². The third-order valence-electron chi connectivity index (χ3n) is 2.90. The van der Waals surface area contributed by atoms with Crippen molar-refractivity contribution >= 4 is 29.5 Å². The Hall–Kier alpha value is -3.07. The molecule has 0 aliphatic heterocycles. The van der Waals surface area contributed by atoms with Gasteiger partial charge in [0, 0.05) is 0 Å². The quantitative estimate of drug-likeness (QED) is 0.466. The lowest BCUT2D eigenvalue weighted by molar-refractivity contribution is -0.140. The number of allylic oxidation sites excluding steroid dienone is 2. The van der Waals surface area contributed by atoms with Gasteiger partial charge in [-0.1, -0.05) is 72.8 Å². The molecule has 3 heteroatoms. The molecule has 0 atom stereocenters. The van der Waals surface area contributed by atoms with Crippen LogP contribution in [-0.4, -0.2) is 17.3 Å². The zero-order valence-corrected chi connectivity index (χ0v) is 11.8. The second kappa shape index (κ2) is 7.64. The first-order valence-corrected chi connectivity index (χ1v) is 6.76. The van der Waals surface area contributed by atoms with Crippen LogP contribution < -0.4 is 0 Å². The Morgan fingerprint density at radius 2 is 0.955 bits per heavy atom. The smallest absolute Gasteiger partial charge is 0.272 e. The van der Waals surface area contributed by atoms with Crippen LogP contribution in [0.15, 0.2) is 72.8 Å². The van der Waals surface area contributed by atoms with Gasteiger partial charge in [0.2, 0.25) is 11.6 Å². The second-order valence-corrected chi connectivity index (χ2v) is 4.55. The Kier molecular flexibility index (Phi) is 5.32. The van der Waals surface area contributed by atoms with E-state index in [1.807, 2.05) is 36.4 Å². The van der Waals surface area contributed by atoms with Crippen molar-refractivity contribution in [1.29, 1.82) is 0 Å². The monoisotopic (exact) mass is 290 g/mol. The molecule has 0 N–H and O–H groups in total. The van der Waals surface area contributed by atoms with Gasteiger partial charge in [0.05, 0.1) is 0 Å². The molecule has 0 unspecified atom stereocenters. The predicted molar refractivity (Wildman–Crippen MR) is 86.0 cm³/mol. The SMILES string of the molecule is O=C(C=Cc1ccccc1)C(=O)C(=O)C=Cc1ccccc1. The van der Waals surface area contributed by atoms with Gasteiger partial charge < -0.3 is 0 Å². The van der Waals surface area contributed by atoms with E-state index in [4.69, 9.17) is 0 Å². The molecule has 108 valence electrons. The van der Waals surface area contributed by atoms with Crippen molar-refractivity contribution in [2.75, 3.05) is 0 Å². The Balaban J connectivity index is 1.98. The van der Waals surface area contributed by atoms with E-state index in [0.717, 1.165) is 23.3 Å². The van der Waals surface area contributed by atoms with Gasteiger partial charge in [-0.05, 0) is 23.3 Å². The molecular formula is C19H14O3. The molecule has 0 saturated carbocycles. The number of hydrogen-bond donors (Lipinski definition) is 0. The van der Waals surface area contributed by atoms with Crippen molar-refractivity contribution in [2.24, 2.45) is 0 Å². The molecule has 0 heterocycles. The molecular weight excluding hydrogens is 276 g/mol. The molecule has 0 aliphatic carbocycles. The topological polar surface area (TPSA) is 51.2 Å². The van der Waals surface area contributed by atoms with E-state index in [2.05, 4.69) is 0 Å². The van der Waals surface area contributed by atoms with Crippen LogP contribution in [0.1, 0.15) is 11.1 Å². The van der Waals surface area contributed by atoms with Gasteiger partial charge in [-0.2, -0.15) is 0 Å². The Morgan fingerprint density at radius 1 is 0.591 bits per heavy atom. The fourth-order valence-corrected chi connectivity index (χ4v) is 1.74. The number of rotatable bonds is 6. The molecule has 0 saturated heterocycles. The molecule has 0 bridgehead atoms. The van der Waals surface area contributed by atoms with Crippen LogP contribution in [0.5, 0.6) is 0 Å². The minimum absolute atomic E-state index is 0.788. The fourth-order valence-electron chi connectivity index (χ4n) is 1.74. The maximum atomic E-state index is 11.7. The van der Waals surface area contributed by atoms with E-state index in [1.165, 1.54) is 12.2 Å². The van der Waals surface area contributed by atoms with Crippen molar-refractivity contribution in [1.82, 2.24) is 0 Å². The first kappa shape index (κ1) is 15.3. The molecule has 0 radical (unpaired) electrons. The largest absolute Gasteiger partial charge is 0.285 e. The molecule has 0 spiro atoms. The van der Waals surface area contributed by atoms with E-state index >= 15 is 0 Å². The summed E-state index contributed by atoms with van der Waals surface area (Å²) in [6.07, 6.45) is 5.25. The summed E-state index contributed by atoms with van der Waals surface area (Å²) in [6, 6.07) is 18.2. The second-order valence-electron chi connectivity index (χ2n) is 4.55. The van der Waals surface area contributed by atoms with Crippen molar-refractivity contribution in [3.63, 3.8) is 0 Å². The summed E-state index contributed by atoms with van der Waals surface area (Å²) in [6.45, 7) is 0. The van der Waals surface area contributed by atoms with Crippen molar-refractivity contribution in [3.05, 3.63) is 83.9 Å². The van der Waals surface area contributed by atoms with Crippen LogP contribution >= 0.6 is 0 Å². The highest BCUT2D eigenvalue weighted by molar-refractivity contribution is 6.68. The number of ketones is 3. The number of hydrogen-bond acceptors (Lipinski definition) is 3. The van der Waals surface area contributed by atoms with Gasteiger partial charge in [-0.25, -0.2) is 0 Å². The van der Waals surface area contributed by atoms with Crippen LogP contribution in [0.25, 0.3) is 12.2 Å². The molecule has 0 amide bonds. The summed E-state index contributed by atoms with van der Waals surface area (Å²) in [5.74, 6) is -2.70. The average molecular weight is 290 g/mol. The number of carbonyl (C=O) groups is 3. The van der Waals surface area contributed by atoms with Gasteiger partial charge in [0.25, 0.3) is 5.78 Å². The summed E-state index contributed by atoms with van der Waals surface area (Å²) in [5.41, 5.74) is 1.58. The number of carbonyl (C=O) groups excluding carboxylic acids is 3. The fraction of sp³-hybridized carbons (Fsp3) is 0. The summed E-state index contributed by atoms with van der Waals surface area (Å²) < 4.78 is 0. The lowest BCUT2D eigenvalue weighted by atomic mass is 10.1.